The second kappa shape index (κ2) is 9.68. The van der Waals surface area contributed by atoms with Crippen molar-refractivity contribution in [2.75, 3.05) is 13.1 Å². The molecule has 0 radical (unpaired) electrons. The predicted molar refractivity (Wildman–Crippen MR) is 136 cm³/mol. The van der Waals surface area contributed by atoms with Gasteiger partial charge in [0.25, 0.3) is 5.91 Å². The van der Waals surface area contributed by atoms with Gasteiger partial charge in [-0.25, -0.2) is 14.5 Å². The average molecular weight is 478 g/mol. The van der Waals surface area contributed by atoms with Gasteiger partial charge in [0.05, 0.1) is 22.8 Å². The number of rotatable bonds is 4. The Labute approximate surface area is 206 Å². The lowest BCUT2D eigenvalue weighted by molar-refractivity contribution is 0.0199. The largest absolute Gasteiger partial charge is 0.444 e. The Hall–Kier alpha value is -3.42. The molecule has 0 bridgehead atoms. The molecule has 2 aromatic heterocycles. The summed E-state index contributed by atoms with van der Waals surface area (Å²) in [4.78, 5) is 32.5. The zero-order valence-corrected chi connectivity index (χ0v) is 21.5. The first kappa shape index (κ1) is 24.7. The number of aryl methyl sites for hydroxylation is 1. The molecule has 186 valence electrons. The minimum atomic E-state index is -0.524. The van der Waals surface area contributed by atoms with Gasteiger partial charge in [-0.3, -0.25) is 4.79 Å². The highest BCUT2D eigenvalue weighted by Gasteiger charge is 2.28. The minimum Gasteiger partial charge on any atom is -0.444 e. The number of ether oxygens (including phenoxy) is 1. The molecule has 1 aromatic carbocycles. The summed E-state index contributed by atoms with van der Waals surface area (Å²) in [7, 11) is 0. The van der Waals surface area contributed by atoms with E-state index in [1.165, 1.54) is 0 Å². The van der Waals surface area contributed by atoms with Crippen LogP contribution in [0, 0.1) is 6.92 Å². The zero-order chi connectivity index (χ0) is 25.3. The van der Waals surface area contributed by atoms with Crippen molar-refractivity contribution in [3.05, 3.63) is 47.7 Å². The van der Waals surface area contributed by atoms with E-state index in [4.69, 9.17) is 9.72 Å². The number of pyridine rings is 1. The summed E-state index contributed by atoms with van der Waals surface area (Å²) in [6, 6.07) is 9.99. The van der Waals surface area contributed by atoms with Crippen molar-refractivity contribution in [1.29, 1.82) is 0 Å². The molecule has 4 rings (SSSR count). The van der Waals surface area contributed by atoms with Crippen molar-refractivity contribution in [3.8, 4) is 11.3 Å². The van der Waals surface area contributed by atoms with E-state index >= 15 is 0 Å². The first-order valence-electron chi connectivity index (χ1n) is 12.3. The number of carbonyl (C=O) groups is 2. The summed E-state index contributed by atoms with van der Waals surface area (Å²) in [6.07, 6.45) is 2.77. The number of aromatic nitrogens is 3. The van der Waals surface area contributed by atoms with E-state index in [1.807, 2.05) is 76.6 Å². The molecule has 1 aliphatic heterocycles. The standard InChI is InChI=1S/C27H35N5O3/c1-17(2)32-24-22(16-28-32)21(15-23(30-24)20-10-8-7-9-18(20)3)25(33)29-19-11-13-31(14-12-19)26(34)35-27(4,5)6/h7-10,15-17,19H,11-14H2,1-6H3,(H,29,33). The van der Waals surface area contributed by atoms with Gasteiger partial charge >= 0.3 is 6.09 Å². The second-order valence-corrected chi connectivity index (χ2v) is 10.5. The average Bonchev–Trinajstić information content (AvgIpc) is 3.22. The van der Waals surface area contributed by atoms with Gasteiger partial charge in [0.2, 0.25) is 0 Å². The van der Waals surface area contributed by atoms with E-state index in [0.717, 1.165) is 22.2 Å². The molecular formula is C27H35N5O3. The molecule has 1 aliphatic rings. The highest BCUT2D eigenvalue weighted by Crippen LogP contribution is 2.28. The Morgan fingerprint density at radius 2 is 1.83 bits per heavy atom. The number of nitrogens with one attached hydrogen (secondary N) is 1. The maximum Gasteiger partial charge on any atom is 0.410 e. The van der Waals surface area contributed by atoms with E-state index in [0.29, 0.717) is 37.1 Å². The van der Waals surface area contributed by atoms with Crippen LogP contribution in [0.5, 0.6) is 0 Å². The third kappa shape index (κ3) is 5.47. The molecule has 1 fully saturated rings. The van der Waals surface area contributed by atoms with E-state index in [9.17, 15) is 9.59 Å². The van der Waals surface area contributed by atoms with Crippen LogP contribution in [0.2, 0.25) is 0 Å². The number of fused-ring (bicyclic) bond motifs is 1. The van der Waals surface area contributed by atoms with E-state index < -0.39 is 5.60 Å². The van der Waals surface area contributed by atoms with Gasteiger partial charge in [-0.15, -0.1) is 0 Å². The van der Waals surface area contributed by atoms with Crippen LogP contribution >= 0.6 is 0 Å². The summed E-state index contributed by atoms with van der Waals surface area (Å²) in [5.74, 6) is -0.147. The molecule has 8 nitrogen and oxygen atoms in total. The fraction of sp³-hybridized carbons (Fsp3) is 0.481. The molecule has 3 aromatic rings. The van der Waals surface area contributed by atoms with Gasteiger partial charge in [0.15, 0.2) is 5.65 Å². The monoisotopic (exact) mass is 477 g/mol. The lowest BCUT2D eigenvalue weighted by Gasteiger charge is -2.33. The molecule has 0 atom stereocenters. The molecule has 1 saturated heterocycles. The van der Waals surface area contributed by atoms with Gasteiger partial charge in [0.1, 0.15) is 5.60 Å². The molecule has 0 spiro atoms. The van der Waals surface area contributed by atoms with Gasteiger partial charge in [-0.1, -0.05) is 24.3 Å². The maximum atomic E-state index is 13.5. The Bertz CT molecular complexity index is 1230. The van der Waals surface area contributed by atoms with E-state index in [1.54, 1.807) is 11.1 Å². The number of amides is 2. The molecule has 0 unspecified atom stereocenters. The Balaban J connectivity index is 1.57. The summed E-state index contributed by atoms with van der Waals surface area (Å²) in [5.41, 5.74) is 3.58. The SMILES string of the molecule is Cc1ccccc1-c1cc(C(=O)NC2CCN(C(=O)OC(C)(C)C)CC2)c2cnn(C(C)C)c2n1. The zero-order valence-electron chi connectivity index (χ0n) is 21.5. The van der Waals surface area contributed by atoms with E-state index in [2.05, 4.69) is 10.4 Å². The van der Waals surface area contributed by atoms with Crippen LogP contribution in [0.3, 0.4) is 0 Å². The molecular weight excluding hydrogens is 442 g/mol. The predicted octanol–water partition coefficient (Wildman–Crippen LogP) is 5.12. The Morgan fingerprint density at radius 3 is 2.46 bits per heavy atom. The molecule has 35 heavy (non-hydrogen) atoms. The molecule has 2 amide bonds. The first-order chi connectivity index (χ1) is 16.5. The summed E-state index contributed by atoms with van der Waals surface area (Å²) >= 11 is 0. The van der Waals surface area contributed by atoms with Crippen molar-refractivity contribution in [2.24, 2.45) is 0 Å². The number of benzene rings is 1. The van der Waals surface area contributed by atoms with Crippen molar-refractivity contribution in [3.63, 3.8) is 0 Å². The fourth-order valence-corrected chi connectivity index (χ4v) is 4.38. The first-order valence-corrected chi connectivity index (χ1v) is 12.3. The smallest absolute Gasteiger partial charge is 0.410 e. The number of hydrogen-bond acceptors (Lipinski definition) is 5. The maximum absolute atomic E-state index is 13.5. The number of piperidine rings is 1. The van der Waals surface area contributed by atoms with Gasteiger partial charge in [0, 0.05) is 30.7 Å². The van der Waals surface area contributed by atoms with Crippen LogP contribution < -0.4 is 5.32 Å². The van der Waals surface area contributed by atoms with Crippen molar-refractivity contribution >= 4 is 23.0 Å². The topological polar surface area (TPSA) is 89.4 Å². The van der Waals surface area contributed by atoms with Crippen LogP contribution in [0.15, 0.2) is 36.5 Å². The third-order valence-electron chi connectivity index (χ3n) is 6.20. The Kier molecular flexibility index (Phi) is 6.83. The molecule has 0 aliphatic carbocycles. The number of hydrogen-bond donors (Lipinski definition) is 1. The minimum absolute atomic E-state index is 0.0218. The number of nitrogens with zero attached hydrogens (tertiary/aromatic N) is 4. The normalized spacial score (nSPS) is 15.0. The highest BCUT2D eigenvalue weighted by atomic mass is 16.6. The van der Waals surface area contributed by atoms with Crippen molar-refractivity contribution < 1.29 is 14.3 Å². The lowest BCUT2D eigenvalue weighted by atomic mass is 10.0. The molecule has 1 N–H and O–H groups in total. The van der Waals surface area contributed by atoms with Gasteiger partial charge < -0.3 is 15.0 Å². The van der Waals surface area contributed by atoms with Crippen LogP contribution in [0.1, 0.15) is 69.4 Å². The molecule has 8 heteroatoms. The van der Waals surface area contributed by atoms with Crippen LogP contribution in [-0.2, 0) is 4.74 Å². The number of carbonyl (C=O) groups excluding carboxylic acids is 2. The molecule has 3 heterocycles. The van der Waals surface area contributed by atoms with Crippen LogP contribution in [0.25, 0.3) is 22.3 Å². The molecule has 0 saturated carbocycles. The quantitative estimate of drug-likeness (QED) is 0.564. The summed E-state index contributed by atoms with van der Waals surface area (Å²) in [5, 5.41) is 8.44. The summed E-state index contributed by atoms with van der Waals surface area (Å²) < 4.78 is 7.34. The second-order valence-electron chi connectivity index (χ2n) is 10.5. The summed E-state index contributed by atoms with van der Waals surface area (Å²) in [6.45, 7) is 12.8. The van der Waals surface area contributed by atoms with Gasteiger partial charge in [-0.05, 0) is 66.0 Å². The van der Waals surface area contributed by atoms with Crippen LogP contribution in [0.4, 0.5) is 4.79 Å². The third-order valence-corrected chi connectivity index (χ3v) is 6.20. The van der Waals surface area contributed by atoms with Gasteiger partial charge in [-0.2, -0.15) is 5.10 Å². The highest BCUT2D eigenvalue weighted by molar-refractivity contribution is 6.06. The number of likely N-dealkylation sites (tertiary alicyclic amines) is 1. The Morgan fingerprint density at radius 1 is 1.14 bits per heavy atom. The lowest BCUT2D eigenvalue weighted by Crippen LogP contribution is -2.47. The van der Waals surface area contributed by atoms with Crippen molar-refractivity contribution in [1.82, 2.24) is 25.0 Å². The van der Waals surface area contributed by atoms with E-state index in [-0.39, 0.29) is 24.1 Å². The fourth-order valence-electron chi connectivity index (χ4n) is 4.38. The van der Waals surface area contributed by atoms with Crippen molar-refractivity contribution in [2.45, 2.75) is 72.1 Å². The van der Waals surface area contributed by atoms with Crippen LogP contribution in [-0.4, -0.2) is 56.4 Å².